The standard InChI is InChI=1S/C20H26N2O2/c1-8-18(22-23-7)17-11-15(5)21-20(16(17)6)24-19-13(3)9-12(2)10-14(19)4/h9-11H,8H2,1-7H3. The molecular formula is C20H26N2O2. The number of pyridine rings is 1. The molecule has 128 valence electrons. The molecule has 0 saturated heterocycles. The number of benzene rings is 1. The molecule has 0 bridgehead atoms. The van der Waals surface area contributed by atoms with Gasteiger partial charge in [0, 0.05) is 16.8 Å². The maximum atomic E-state index is 6.21. The van der Waals surface area contributed by atoms with Crippen molar-refractivity contribution in [2.24, 2.45) is 5.16 Å². The third kappa shape index (κ3) is 3.75. The molecule has 1 aromatic heterocycles. The molecule has 0 aliphatic rings. The molecule has 0 N–H and O–H groups in total. The van der Waals surface area contributed by atoms with E-state index >= 15 is 0 Å². The number of nitrogens with zero attached hydrogens (tertiary/aromatic N) is 2. The van der Waals surface area contributed by atoms with Crippen molar-refractivity contribution in [1.29, 1.82) is 0 Å². The Labute approximate surface area is 144 Å². The lowest BCUT2D eigenvalue weighted by Gasteiger charge is -2.16. The van der Waals surface area contributed by atoms with Crippen LogP contribution in [-0.2, 0) is 4.84 Å². The lowest BCUT2D eigenvalue weighted by molar-refractivity contribution is 0.213. The highest BCUT2D eigenvalue weighted by atomic mass is 16.6. The molecule has 2 rings (SSSR count). The molecule has 0 fully saturated rings. The van der Waals surface area contributed by atoms with Crippen molar-refractivity contribution in [3.05, 3.63) is 51.7 Å². The van der Waals surface area contributed by atoms with E-state index in [1.807, 2.05) is 19.9 Å². The number of ether oxygens (including phenoxy) is 1. The van der Waals surface area contributed by atoms with Crippen molar-refractivity contribution in [2.75, 3.05) is 7.11 Å². The van der Waals surface area contributed by atoms with Crippen LogP contribution in [0.5, 0.6) is 11.6 Å². The van der Waals surface area contributed by atoms with E-state index in [9.17, 15) is 0 Å². The predicted molar refractivity (Wildman–Crippen MR) is 98.3 cm³/mol. The summed E-state index contributed by atoms with van der Waals surface area (Å²) in [6.07, 6.45) is 0.778. The quantitative estimate of drug-likeness (QED) is 0.562. The second kappa shape index (κ2) is 7.47. The van der Waals surface area contributed by atoms with E-state index < -0.39 is 0 Å². The van der Waals surface area contributed by atoms with E-state index in [0.29, 0.717) is 5.88 Å². The van der Waals surface area contributed by atoms with Crippen LogP contribution in [0.1, 0.15) is 46.9 Å². The SMILES string of the molecule is CCC(=NOC)c1cc(C)nc(Oc2c(C)cc(C)cc2C)c1C. The van der Waals surface area contributed by atoms with Crippen LogP contribution in [0.4, 0.5) is 0 Å². The van der Waals surface area contributed by atoms with Gasteiger partial charge in [0.2, 0.25) is 5.88 Å². The Kier molecular flexibility index (Phi) is 5.60. The van der Waals surface area contributed by atoms with E-state index in [2.05, 4.69) is 50.0 Å². The average Bonchev–Trinajstić information content (AvgIpc) is 2.51. The van der Waals surface area contributed by atoms with Crippen LogP contribution < -0.4 is 4.74 Å². The Morgan fingerprint density at radius 3 is 2.21 bits per heavy atom. The fourth-order valence-electron chi connectivity index (χ4n) is 2.95. The van der Waals surface area contributed by atoms with Gasteiger partial charge in [0.05, 0.1) is 5.71 Å². The third-order valence-corrected chi connectivity index (χ3v) is 4.01. The fourth-order valence-corrected chi connectivity index (χ4v) is 2.95. The van der Waals surface area contributed by atoms with E-state index in [4.69, 9.17) is 9.57 Å². The fraction of sp³-hybridized carbons (Fsp3) is 0.400. The first-order valence-corrected chi connectivity index (χ1v) is 8.21. The lowest BCUT2D eigenvalue weighted by atomic mass is 10.0. The zero-order valence-electron chi connectivity index (χ0n) is 15.7. The molecule has 1 heterocycles. The van der Waals surface area contributed by atoms with Crippen molar-refractivity contribution in [1.82, 2.24) is 4.98 Å². The first kappa shape index (κ1) is 18.0. The molecular weight excluding hydrogens is 300 g/mol. The molecule has 24 heavy (non-hydrogen) atoms. The van der Waals surface area contributed by atoms with Crippen molar-refractivity contribution in [3.8, 4) is 11.6 Å². The summed E-state index contributed by atoms with van der Waals surface area (Å²) in [5.74, 6) is 1.49. The molecule has 0 aliphatic carbocycles. The van der Waals surface area contributed by atoms with Crippen LogP contribution in [0.2, 0.25) is 0 Å². The summed E-state index contributed by atoms with van der Waals surface area (Å²) in [5, 5.41) is 4.14. The highest BCUT2D eigenvalue weighted by Crippen LogP contribution is 2.32. The number of oxime groups is 1. The van der Waals surface area contributed by atoms with Crippen molar-refractivity contribution in [2.45, 2.75) is 48.0 Å². The van der Waals surface area contributed by atoms with Gasteiger partial charge in [-0.3, -0.25) is 0 Å². The first-order chi connectivity index (χ1) is 11.4. The number of aromatic nitrogens is 1. The zero-order valence-corrected chi connectivity index (χ0v) is 15.7. The smallest absolute Gasteiger partial charge is 0.223 e. The molecule has 0 radical (unpaired) electrons. The van der Waals surface area contributed by atoms with E-state index in [-0.39, 0.29) is 0 Å². The van der Waals surface area contributed by atoms with Gasteiger partial charge in [-0.1, -0.05) is 29.8 Å². The summed E-state index contributed by atoms with van der Waals surface area (Å²) in [6.45, 7) is 12.2. The van der Waals surface area contributed by atoms with Gasteiger partial charge < -0.3 is 9.57 Å². The van der Waals surface area contributed by atoms with Crippen LogP contribution in [0.25, 0.3) is 0 Å². The minimum atomic E-state index is 0.623. The largest absolute Gasteiger partial charge is 0.438 e. The second-order valence-corrected chi connectivity index (χ2v) is 6.15. The van der Waals surface area contributed by atoms with E-state index in [1.165, 1.54) is 5.56 Å². The summed E-state index contributed by atoms with van der Waals surface area (Å²) in [4.78, 5) is 9.57. The number of aryl methyl sites for hydroxylation is 4. The van der Waals surface area contributed by atoms with Gasteiger partial charge in [0.15, 0.2) is 0 Å². The lowest BCUT2D eigenvalue weighted by Crippen LogP contribution is -2.07. The van der Waals surface area contributed by atoms with Gasteiger partial charge >= 0.3 is 0 Å². The topological polar surface area (TPSA) is 43.7 Å². The molecule has 0 saturated carbocycles. The van der Waals surface area contributed by atoms with E-state index in [1.54, 1.807) is 7.11 Å². The van der Waals surface area contributed by atoms with Crippen LogP contribution in [-0.4, -0.2) is 17.8 Å². The Balaban J connectivity index is 2.53. The molecule has 4 heteroatoms. The monoisotopic (exact) mass is 326 g/mol. The average molecular weight is 326 g/mol. The number of hydrogen-bond donors (Lipinski definition) is 0. The Bertz CT molecular complexity index is 756. The molecule has 0 aliphatic heterocycles. The summed E-state index contributed by atoms with van der Waals surface area (Å²) < 4.78 is 6.21. The number of hydrogen-bond acceptors (Lipinski definition) is 4. The molecule has 1 aromatic carbocycles. The van der Waals surface area contributed by atoms with Gasteiger partial charge in [0.25, 0.3) is 0 Å². The van der Waals surface area contributed by atoms with Gasteiger partial charge in [-0.25, -0.2) is 4.98 Å². The summed E-state index contributed by atoms with van der Waals surface area (Å²) in [7, 11) is 1.56. The Morgan fingerprint density at radius 1 is 1.04 bits per heavy atom. The second-order valence-electron chi connectivity index (χ2n) is 6.15. The number of rotatable bonds is 5. The molecule has 2 aromatic rings. The highest BCUT2D eigenvalue weighted by Gasteiger charge is 2.16. The zero-order chi connectivity index (χ0) is 17.9. The minimum absolute atomic E-state index is 0.623. The van der Waals surface area contributed by atoms with Gasteiger partial charge in [0.1, 0.15) is 12.9 Å². The normalized spacial score (nSPS) is 11.5. The van der Waals surface area contributed by atoms with Gasteiger partial charge in [-0.15, -0.1) is 0 Å². The summed E-state index contributed by atoms with van der Waals surface area (Å²) >= 11 is 0. The predicted octanol–water partition coefficient (Wildman–Crippen LogP) is 5.18. The van der Waals surface area contributed by atoms with Crippen molar-refractivity contribution >= 4 is 5.71 Å². The van der Waals surface area contributed by atoms with Crippen molar-refractivity contribution < 1.29 is 9.57 Å². The highest BCUT2D eigenvalue weighted by molar-refractivity contribution is 6.01. The van der Waals surface area contributed by atoms with Crippen molar-refractivity contribution in [3.63, 3.8) is 0 Å². The maximum absolute atomic E-state index is 6.21. The van der Waals surface area contributed by atoms with Crippen LogP contribution in [0.15, 0.2) is 23.4 Å². The van der Waals surface area contributed by atoms with Crippen LogP contribution in [0.3, 0.4) is 0 Å². The Hall–Kier alpha value is -2.36. The molecule has 0 spiro atoms. The van der Waals surface area contributed by atoms with Gasteiger partial charge in [-0.05, 0) is 58.2 Å². The minimum Gasteiger partial charge on any atom is -0.438 e. The Morgan fingerprint density at radius 2 is 1.67 bits per heavy atom. The molecule has 0 amide bonds. The van der Waals surface area contributed by atoms with E-state index in [0.717, 1.165) is 45.8 Å². The summed E-state index contributed by atoms with van der Waals surface area (Å²) in [6, 6.07) is 6.27. The first-order valence-electron chi connectivity index (χ1n) is 8.21. The summed E-state index contributed by atoms with van der Waals surface area (Å²) in [5.41, 5.74) is 7.22. The van der Waals surface area contributed by atoms with Crippen LogP contribution in [0, 0.1) is 34.6 Å². The molecule has 0 unspecified atom stereocenters. The molecule has 4 nitrogen and oxygen atoms in total. The molecule has 0 atom stereocenters. The third-order valence-electron chi connectivity index (χ3n) is 4.01. The maximum Gasteiger partial charge on any atom is 0.223 e. The van der Waals surface area contributed by atoms with Gasteiger partial charge in [-0.2, -0.15) is 0 Å². The van der Waals surface area contributed by atoms with Crippen LogP contribution >= 0.6 is 0 Å².